The summed E-state index contributed by atoms with van der Waals surface area (Å²) in [5, 5.41) is 9.00. The Labute approximate surface area is 93.9 Å². The number of nitrogens with zero attached hydrogens (tertiary/aromatic N) is 2. The molecule has 0 radical (unpaired) electrons. The Bertz CT molecular complexity index is 395. The van der Waals surface area contributed by atoms with E-state index < -0.39 is 0 Å². The molecular formula is C11H15N3O2. The third kappa shape index (κ3) is 2.30. The lowest BCUT2D eigenvalue weighted by Crippen LogP contribution is -2.25. The standard InChI is InChI=1S/C11H15N3O2/c12-10-3-8(1-2-13-10)5-14-6-9(7-15)4-11(14)16/h1-3,9,15H,4-7H2,(H2,12,13). The van der Waals surface area contributed by atoms with E-state index in [0.717, 1.165) is 5.56 Å². The summed E-state index contributed by atoms with van der Waals surface area (Å²) in [5.41, 5.74) is 6.54. The van der Waals surface area contributed by atoms with Crippen molar-refractivity contribution in [2.75, 3.05) is 18.9 Å². The van der Waals surface area contributed by atoms with Gasteiger partial charge in [0.05, 0.1) is 0 Å². The number of rotatable bonds is 3. The average Bonchev–Trinajstić information content (AvgIpc) is 2.60. The number of pyridine rings is 1. The fourth-order valence-corrected chi connectivity index (χ4v) is 1.94. The molecule has 1 atom stereocenters. The summed E-state index contributed by atoms with van der Waals surface area (Å²) < 4.78 is 0. The highest BCUT2D eigenvalue weighted by molar-refractivity contribution is 5.78. The van der Waals surface area contributed by atoms with Crippen LogP contribution in [0, 0.1) is 5.92 Å². The molecular weight excluding hydrogens is 206 g/mol. The molecule has 3 N–H and O–H groups in total. The van der Waals surface area contributed by atoms with Crippen molar-refractivity contribution in [1.29, 1.82) is 0 Å². The molecule has 0 saturated carbocycles. The monoisotopic (exact) mass is 221 g/mol. The molecule has 2 heterocycles. The number of hydrogen-bond donors (Lipinski definition) is 2. The first-order valence-electron chi connectivity index (χ1n) is 5.28. The van der Waals surface area contributed by atoms with E-state index in [2.05, 4.69) is 4.98 Å². The Morgan fingerprint density at radius 1 is 1.62 bits per heavy atom. The molecule has 0 aromatic carbocycles. The van der Waals surface area contributed by atoms with Crippen molar-refractivity contribution in [3.05, 3.63) is 23.9 Å². The van der Waals surface area contributed by atoms with Gasteiger partial charge < -0.3 is 15.7 Å². The molecule has 1 amide bonds. The Hall–Kier alpha value is -1.62. The number of hydrogen-bond acceptors (Lipinski definition) is 4. The number of nitrogens with two attached hydrogens (primary N) is 1. The van der Waals surface area contributed by atoms with Gasteiger partial charge >= 0.3 is 0 Å². The van der Waals surface area contributed by atoms with Crippen LogP contribution < -0.4 is 5.73 Å². The SMILES string of the molecule is Nc1cc(CN2CC(CO)CC2=O)ccn1. The number of carbonyl (C=O) groups excluding carboxylic acids is 1. The van der Waals surface area contributed by atoms with Gasteiger partial charge in [-0.3, -0.25) is 4.79 Å². The van der Waals surface area contributed by atoms with Crippen LogP contribution in [0.25, 0.3) is 0 Å². The fourth-order valence-electron chi connectivity index (χ4n) is 1.94. The van der Waals surface area contributed by atoms with Crippen LogP contribution in [0.2, 0.25) is 0 Å². The van der Waals surface area contributed by atoms with Crippen molar-refractivity contribution in [2.45, 2.75) is 13.0 Å². The molecule has 86 valence electrons. The zero-order valence-electron chi connectivity index (χ0n) is 8.97. The highest BCUT2D eigenvalue weighted by atomic mass is 16.3. The van der Waals surface area contributed by atoms with E-state index in [1.807, 2.05) is 6.07 Å². The topological polar surface area (TPSA) is 79.5 Å². The first kappa shape index (κ1) is 10.9. The van der Waals surface area contributed by atoms with Gasteiger partial charge in [0.25, 0.3) is 0 Å². The van der Waals surface area contributed by atoms with Gasteiger partial charge in [-0.1, -0.05) is 0 Å². The van der Waals surface area contributed by atoms with Gasteiger partial charge in [-0.15, -0.1) is 0 Å². The number of aliphatic hydroxyl groups excluding tert-OH is 1. The predicted octanol–water partition coefficient (Wildman–Crippen LogP) is 0.00460. The molecule has 5 nitrogen and oxygen atoms in total. The minimum atomic E-state index is 0.0702. The second kappa shape index (κ2) is 4.49. The van der Waals surface area contributed by atoms with Gasteiger partial charge in [-0.25, -0.2) is 4.98 Å². The van der Waals surface area contributed by atoms with Gasteiger partial charge in [0, 0.05) is 38.2 Å². The number of anilines is 1. The predicted molar refractivity (Wildman–Crippen MR) is 59.3 cm³/mol. The van der Waals surface area contributed by atoms with E-state index in [4.69, 9.17) is 10.8 Å². The zero-order valence-corrected chi connectivity index (χ0v) is 8.97. The van der Waals surface area contributed by atoms with Crippen LogP contribution in [0.15, 0.2) is 18.3 Å². The molecule has 5 heteroatoms. The number of likely N-dealkylation sites (tertiary alicyclic amines) is 1. The fraction of sp³-hybridized carbons (Fsp3) is 0.455. The maximum atomic E-state index is 11.6. The first-order valence-corrected chi connectivity index (χ1v) is 5.28. The smallest absolute Gasteiger partial charge is 0.223 e. The summed E-state index contributed by atoms with van der Waals surface area (Å²) in [6, 6.07) is 3.61. The lowest BCUT2D eigenvalue weighted by Gasteiger charge is -2.16. The Kier molecular flexibility index (Phi) is 3.05. The van der Waals surface area contributed by atoms with Crippen molar-refractivity contribution in [2.24, 2.45) is 5.92 Å². The minimum Gasteiger partial charge on any atom is -0.396 e. The van der Waals surface area contributed by atoms with Crippen LogP contribution in [0.4, 0.5) is 5.82 Å². The average molecular weight is 221 g/mol. The van der Waals surface area contributed by atoms with E-state index in [1.54, 1.807) is 17.2 Å². The zero-order chi connectivity index (χ0) is 11.5. The Morgan fingerprint density at radius 3 is 3.06 bits per heavy atom. The van der Waals surface area contributed by atoms with Crippen molar-refractivity contribution < 1.29 is 9.90 Å². The summed E-state index contributed by atoms with van der Waals surface area (Å²) in [5.74, 6) is 0.629. The molecule has 1 aromatic rings. The molecule has 1 aliphatic rings. The van der Waals surface area contributed by atoms with Crippen LogP contribution in [0.5, 0.6) is 0 Å². The molecule has 1 aliphatic heterocycles. The molecule has 1 saturated heterocycles. The number of amides is 1. The van der Waals surface area contributed by atoms with Gasteiger partial charge in [-0.2, -0.15) is 0 Å². The number of aromatic nitrogens is 1. The van der Waals surface area contributed by atoms with Crippen molar-refractivity contribution >= 4 is 11.7 Å². The first-order chi connectivity index (χ1) is 7.69. The number of aliphatic hydroxyl groups is 1. The van der Waals surface area contributed by atoms with Crippen molar-refractivity contribution in [3.63, 3.8) is 0 Å². The van der Waals surface area contributed by atoms with Gasteiger partial charge in [-0.05, 0) is 17.7 Å². The summed E-state index contributed by atoms with van der Waals surface area (Å²) in [7, 11) is 0. The largest absolute Gasteiger partial charge is 0.396 e. The molecule has 0 bridgehead atoms. The van der Waals surface area contributed by atoms with E-state index in [0.29, 0.717) is 25.3 Å². The highest BCUT2D eigenvalue weighted by Gasteiger charge is 2.28. The highest BCUT2D eigenvalue weighted by Crippen LogP contribution is 2.19. The van der Waals surface area contributed by atoms with Crippen LogP contribution in [-0.4, -0.2) is 34.0 Å². The van der Waals surface area contributed by atoms with E-state index >= 15 is 0 Å². The van der Waals surface area contributed by atoms with E-state index in [-0.39, 0.29) is 18.4 Å². The molecule has 16 heavy (non-hydrogen) atoms. The maximum Gasteiger partial charge on any atom is 0.223 e. The Morgan fingerprint density at radius 2 is 2.44 bits per heavy atom. The van der Waals surface area contributed by atoms with Crippen LogP contribution >= 0.6 is 0 Å². The van der Waals surface area contributed by atoms with E-state index in [1.165, 1.54) is 0 Å². The third-order valence-electron chi connectivity index (χ3n) is 2.77. The molecule has 1 fully saturated rings. The minimum absolute atomic E-state index is 0.0702. The molecule has 1 aromatic heterocycles. The lowest BCUT2D eigenvalue weighted by molar-refractivity contribution is -0.128. The lowest BCUT2D eigenvalue weighted by atomic mass is 10.1. The molecule has 1 unspecified atom stereocenters. The van der Waals surface area contributed by atoms with Gasteiger partial charge in [0.15, 0.2) is 0 Å². The van der Waals surface area contributed by atoms with Crippen molar-refractivity contribution in [3.8, 4) is 0 Å². The second-order valence-electron chi connectivity index (χ2n) is 4.12. The molecule has 2 rings (SSSR count). The molecule has 0 aliphatic carbocycles. The second-order valence-corrected chi connectivity index (χ2v) is 4.12. The van der Waals surface area contributed by atoms with Gasteiger partial charge in [0.1, 0.15) is 5.82 Å². The van der Waals surface area contributed by atoms with Crippen LogP contribution in [0.3, 0.4) is 0 Å². The van der Waals surface area contributed by atoms with Crippen LogP contribution in [-0.2, 0) is 11.3 Å². The third-order valence-corrected chi connectivity index (χ3v) is 2.77. The Balaban J connectivity index is 2.03. The summed E-state index contributed by atoms with van der Waals surface area (Å²) in [6.07, 6.45) is 2.08. The maximum absolute atomic E-state index is 11.6. The summed E-state index contributed by atoms with van der Waals surface area (Å²) in [4.78, 5) is 17.2. The summed E-state index contributed by atoms with van der Waals surface area (Å²) >= 11 is 0. The molecule has 0 spiro atoms. The number of carbonyl (C=O) groups is 1. The summed E-state index contributed by atoms with van der Waals surface area (Å²) in [6.45, 7) is 1.24. The quantitative estimate of drug-likeness (QED) is 0.753. The van der Waals surface area contributed by atoms with Crippen molar-refractivity contribution in [1.82, 2.24) is 9.88 Å². The van der Waals surface area contributed by atoms with Crippen LogP contribution in [0.1, 0.15) is 12.0 Å². The van der Waals surface area contributed by atoms with Gasteiger partial charge in [0.2, 0.25) is 5.91 Å². The normalized spacial score (nSPS) is 20.4. The van der Waals surface area contributed by atoms with E-state index in [9.17, 15) is 4.79 Å². The number of nitrogen functional groups attached to an aromatic ring is 1.